The molecule has 100 valence electrons. The van der Waals surface area contributed by atoms with E-state index < -0.39 is 0 Å². The van der Waals surface area contributed by atoms with Crippen LogP contribution in [0.15, 0.2) is 30.3 Å². The highest BCUT2D eigenvalue weighted by Gasteiger charge is 2.05. The number of nitrogens with one attached hydrogen (secondary N) is 2. The Morgan fingerprint density at radius 3 is 2.67 bits per heavy atom. The van der Waals surface area contributed by atoms with Gasteiger partial charge in [-0.2, -0.15) is 0 Å². The van der Waals surface area contributed by atoms with Gasteiger partial charge in [0.2, 0.25) is 5.91 Å². The van der Waals surface area contributed by atoms with E-state index in [2.05, 4.69) is 48.7 Å². The number of aryl methyl sites for hydroxylation is 1. The summed E-state index contributed by atoms with van der Waals surface area (Å²) in [6, 6.07) is 10.8. The van der Waals surface area contributed by atoms with E-state index in [4.69, 9.17) is 0 Å². The third-order valence-electron chi connectivity index (χ3n) is 2.89. The molecule has 1 unspecified atom stereocenters. The van der Waals surface area contributed by atoms with Crippen LogP contribution in [-0.2, 0) is 11.2 Å². The summed E-state index contributed by atoms with van der Waals surface area (Å²) in [5, 5.41) is 6.11. The lowest BCUT2D eigenvalue weighted by molar-refractivity contribution is -0.120. The molecule has 0 heterocycles. The number of carbonyl (C=O) groups excluding carboxylic acids is 1. The Morgan fingerprint density at radius 2 is 2.00 bits per heavy atom. The lowest BCUT2D eigenvalue weighted by Crippen LogP contribution is -2.38. The number of rotatable bonds is 8. The van der Waals surface area contributed by atoms with Crippen LogP contribution >= 0.6 is 0 Å². The van der Waals surface area contributed by atoms with Gasteiger partial charge in [-0.25, -0.2) is 0 Å². The molecule has 0 saturated carbocycles. The minimum atomic E-state index is 0.0865. The van der Waals surface area contributed by atoms with Crippen molar-refractivity contribution in [3.8, 4) is 0 Å². The topological polar surface area (TPSA) is 41.1 Å². The van der Waals surface area contributed by atoms with Crippen LogP contribution in [-0.4, -0.2) is 25.0 Å². The number of amides is 1. The molecule has 0 aromatic heterocycles. The zero-order valence-corrected chi connectivity index (χ0v) is 11.4. The molecule has 1 amide bonds. The van der Waals surface area contributed by atoms with Crippen molar-refractivity contribution in [3.05, 3.63) is 35.9 Å². The number of carbonyl (C=O) groups is 1. The van der Waals surface area contributed by atoms with E-state index in [1.54, 1.807) is 0 Å². The van der Waals surface area contributed by atoms with Crippen molar-refractivity contribution in [3.63, 3.8) is 0 Å². The molecule has 1 aromatic carbocycles. The van der Waals surface area contributed by atoms with Crippen molar-refractivity contribution in [2.45, 2.75) is 39.2 Å². The van der Waals surface area contributed by atoms with Gasteiger partial charge >= 0.3 is 0 Å². The Hall–Kier alpha value is -1.35. The fraction of sp³-hybridized carbons (Fsp3) is 0.533. The number of hydrogen-bond acceptors (Lipinski definition) is 2. The predicted molar refractivity (Wildman–Crippen MR) is 75.5 cm³/mol. The summed E-state index contributed by atoms with van der Waals surface area (Å²) < 4.78 is 0. The van der Waals surface area contributed by atoms with E-state index in [-0.39, 0.29) is 5.91 Å². The molecular weight excluding hydrogens is 224 g/mol. The maximum atomic E-state index is 11.4. The standard InChI is InChI=1S/C15H24N2O/c1-3-11-16-15(18)12-17-13(2)9-10-14-7-5-4-6-8-14/h4-8,13,17H,3,9-12H2,1-2H3,(H,16,18). The summed E-state index contributed by atoms with van der Waals surface area (Å²) in [6.07, 6.45) is 3.08. The summed E-state index contributed by atoms with van der Waals surface area (Å²) in [6.45, 7) is 5.35. The van der Waals surface area contributed by atoms with Gasteiger partial charge in [-0.1, -0.05) is 37.3 Å². The number of hydrogen-bond donors (Lipinski definition) is 2. The van der Waals surface area contributed by atoms with Crippen LogP contribution in [0.4, 0.5) is 0 Å². The molecule has 3 nitrogen and oxygen atoms in total. The van der Waals surface area contributed by atoms with E-state index in [1.165, 1.54) is 5.56 Å². The fourth-order valence-corrected chi connectivity index (χ4v) is 1.72. The van der Waals surface area contributed by atoms with Gasteiger partial charge in [0.1, 0.15) is 0 Å². The van der Waals surface area contributed by atoms with Gasteiger partial charge < -0.3 is 10.6 Å². The molecule has 0 bridgehead atoms. The summed E-state index contributed by atoms with van der Waals surface area (Å²) in [4.78, 5) is 11.4. The molecule has 0 saturated heterocycles. The normalized spacial score (nSPS) is 12.1. The van der Waals surface area contributed by atoms with Crippen LogP contribution in [0.5, 0.6) is 0 Å². The summed E-state index contributed by atoms with van der Waals surface area (Å²) in [5.74, 6) is 0.0865. The van der Waals surface area contributed by atoms with Crippen molar-refractivity contribution in [1.29, 1.82) is 0 Å². The van der Waals surface area contributed by atoms with E-state index in [0.29, 0.717) is 12.6 Å². The Balaban J connectivity index is 2.14. The molecule has 2 N–H and O–H groups in total. The maximum absolute atomic E-state index is 11.4. The van der Waals surface area contributed by atoms with Crippen LogP contribution in [0.3, 0.4) is 0 Å². The minimum Gasteiger partial charge on any atom is -0.355 e. The van der Waals surface area contributed by atoms with Gasteiger partial charge in [-0.05, 0) is 31.7 Å². The molecule has 18 heavy (non-hydrogen) atoms. The monoisotopic (exact) mass is 248 g/mol. The van der Waals surface area contributed by atoms with Crippen molar-refractivity contribution in [2.24, 2.45) is 0 Å². The van der Waals surface area contributed by atoms with E-state index >= 15 is 0 Å². The molecule has 3 heteroatoms. The number of benzene rings is 1. The highest BCUT2D eigenvalue weighted by atomic mass is 16.1. The lowest BCUT2D eigenvalue weighted by Gasteiger charge is -2.13. The Kier molecular flexibility index (Phi) is 7.11. The molecule has 0 aliphatic heterocycles. The predicted octanol–water partition coefficient (Wildman–Crippen LogP) is 2.12. The van der Waals surface area contributed by atoms with Gasteiger partial charge in [-0.15, -0.1) is 0 Å². The van der Waals surface area contributed by atoms with Crippen molar-refractivity contribution in [1.82, 2.24) is 10.6 Å². The van der Waals surface area contributed by atoms with Crippen LogP contribution < -0.4 is 10.6 Å². The molecule has 1 atom stereocenters. The summed E-state index contributed by atoms with van der Waals surface area (Å²) in [5.41, 5.74) is 1.35. The highest BCUT2D eigenvalue weighted by molar-refractivity contribution is 5.77. The van der Waals surface area contributed by atoms with Crippen LogP contribution in [0.1, 0.15) is 32.3 Å². The fourth-order valence-electron chi connectivity index (χ4n) is 1.72. The van der Waals surface area contributed by atoms with Gasteiger partial charge in [0, 0.05) is 12.6 Å². The van der Waals surface area contributed by atoms with Crippen molar-refractivity contribution < 1.29 is 4.79 Å². The Morgan fingerprint density at radius 1 is 1.28 bits per heavy atom. The largest absolute Gasteiger partial charge is 0.355 e. The van der Waals surface area contributed by atoms with Gasteiger partial charge in [0.15, 0.2) is 0 Å². The molecule has 0 aliphatic rings. The first-order chi connectivity index (χ1) is 8.72. The molecule has 0 fully saturated rings. The Bertz CT molecular complexity index is 338. The van der Waals surface area contributed by atoms with E-state index in [9.17, 15) is 4.79 Å². The van der Waals surface area contributed by atoms with Crippen molar-refractivity contribution in [2.75, 3.05) is 13.1 Å². The molecule has 1 aromatic rings. The molecular formula is C15H24N2O. The van der Waals surface area contributed by atoms with Crippen LogP contribution in [0.25, 0.3) is 0 Å². The lowest BCUT2D eigenvalue weighted by atomic mass is 10.1. The molecule has 1 rings (SSSR count). The summed E-state index contributed by atoms with van der Waals surface area (Å²) >= 11 is 0. The average molecular weight is 248 g/mol. The average Bonchev–Trinajstić information content (AvgIpc) is 2.41. The van der Waals surface area contributed by atoms with Crippen LogP contribution in [0.2, 0.25) is 0 Å². The first kappa shape index (κ1) is 14.7. The van der Waals surface area contributed by atoms with E-state index in [0.717, 1.165) is 25.8 Å². The SMILES string of the molecule is CCCNC(=O)CNC(C)CCc1ccccc1. The first-order valence-electron chi connectivity index (χ1n) is 6.76. The second-order valence-electron chi connectivity index (χ2n) is 4.66. The second-order valence-corrected chi connectivity index (χ2v) is 4.66. The second kappa shape index (κ2) is 8.70. The third-order valence-corrected chi connectivity index (χ3v) is 2.89. The quantitative estimate of drug-likeness (QED) is 0.740. The van der Waals surface area contributed by atoms with Crippen molar-refractivity contribution >= 4 is 5.91 Å². The maximum Gasteiger partial charge on any atom is 0.233 e. The summed E-state index contributed by atoms with van der Waals surface area (Å²) in [7, 11) is 0. The highest BCUT2D eigenvalue weighted by Crippen LogP contribution is 2.04. The van der Waals surface area contributed by atoms with Gasteiger partial charge in [-0.3, -0.25) is 4.79 Å². The smallest absolute Gasteiger partial charge is 0.233 e. The molecule has 0 radical (unpaired) electrons. The van der Waals surface area contributed by atoms with Gasteiger partial charge in [0.25, 0.3) is 0 Å². The first-order valence-corrected chi connectivity index (χ1v) is 6.76. The molecule has 0 spiro atoms. The van der Waals surface area contributed by atoms with Gasteiger partial charge in [0.05, 0.1) is 6.54 Å². The Labute approximate surface area is 110 Å². The minimum absolute atomic E-state index is 0.0865. The van der Waals surface area contributed by atoms with Crippen LogP contribution in [0, 0.1) is 0 Å². The third kappa shape index (κ3) is 6.40. The zero-order chi connectivity index (χ0) is 13.2. The zero-order valence-electron chi connectivity index (χ0n) is 11.4. The van der Waals surface area contributed by atoms with E-state index in [1.807, 2.05) is 6.07 Å². The molecule has 0 aliphatic carbocycles.